The van der Waals surface area contributed by atoms with Crippen LogP contribution >= 0.6 is 0 Å². The van der Waals surface area contributed by atoms with Crippen molar-refractivity contribution in [1.82, 2.24) is 5.32 Å². The Labute approximate surface area is 141 Å². The van der Waals surface area contributed by atoms with E-state index in [-0.39, 0.29) is 42.7 Å². The largest absolute Gasteiger partial charge is 0.396 e. The van der Waals surface area contributed by atoms with Gasteiger partial charge in [0.2, 0.25) is 11.8 Å². The Balaban J connectivity index is 1.59. The van der Waals surface area contributed by atoms with Crippen molar-refractivity contribution in [2.75, 3.05) is 18.1 Å². The number of rotatable bonds is 4. The lowest BCUT2D eigenvalue weighted by atomic mass is 10.1. The van der Waals surface area contributed by atoms with Gasteiger partial charge in [-0.15, -0.1) is 0 Å². The lowest BCUT2D eigenvalue weighted by Gasteiger charge is -2.18. The number of nitrogens with one attached hydrogen (secondary N) is 1. The van der Waals surface area contributed by atoms with Crippen molar-refractivity contribution in [3.05, 3.63) is 29.8 Å². The monoisotopic (exact) mass is 332 g/mol. The normalized spacial score (nSPS) is 30.0. The van der Waals surface area contributed by atoms with E-state index in [0.29, 0.717) is 19.4 Å². The van der Waals surface area contributed by atoms with Crippen LogP contribution in [0.1, 0.15) is 24.8 Å². The van der Waals surface area contributed by atoms with E-state index >= 15 is 0 Å². The molecule has 1 aliphatic carbocycles. The number of aryl methyl sites for hydroxylation is 1. The summed E-state index contributed by atoms with van der Waals surface area (Å²) in [5.41, 5.74) is 1.94. The average molecular weight is 332 g/mol. The van der Waals surface area contributed by atoms with E-state index in [1.54, 1.807) is 4.90 Å². The highest BCUT2D eigenvalue weighted by molar-refractivity contribution is 6.00. The minimum atomic E-state index is -0.574. The summed E-state index contributed by atoms with van der Waals surface area (Å²) in [5.74, 6) is -0.735. The Kier molecular flexibility index (Phi) is 4.87. The van der Waals surface area contributed by atoms with Gasteiger partial charge in [-0.1, -0.05) is 17.7 Å². The molecule has 0 unspecified atom stereocenters. The van der Waals surface area contributed by atoms with Gasteiger partial charge in [0, 0.05) is 37.2 Å². The molecule has 6 heteroatoms. The second-order valence-electron chi connectivity index (χ2n) is 6.93. The van der Waals surface area contributed by atoms with Crippen LogP contribution in [0.15, 0.2) is 24.3 Å². The number of hydrogen-bond acceptors (Lipinski definition) is 4. The number of anilines is 1. The van der Waals surface area contributed by atoms with Gasteiger partial charge in [0.05, 0.1) is 12.0 Å². The zero-order chi connectivity index (χ0) is 17.3. The zero-order valence-corrected chi connectivity index (χ0v) is 13.8. The van der Waals surface area contributed by atoms with Crippen molar-refractivity contribution < 1.29 is 19.8 Å². The van der Waals surface area contributed by atoms with Crippen LogP contribution in [0.4, 0.5) is 5.69 Å². The van der Waals surface area contributed by atoms with E-state index in [9.17, 15) is 19.8 Å². The molecule has 1 saturated carbocycles. The fraction of sp³-hybridized carbons (Fsp3) is 0.556. The van der Waals surface area contributed by atoms with Crippen LogP contribution < -0.4 is 10.2 Å². The van der Waals surface area contributed by atoms with Crippen LogP contribution in [0.5, 0.6) is 0 Å². The maximum absolute atomic E-state index is 12.4. The highest BCUT2D eigenvalue weighted by atomic mass is 16.3. The molecule has 1 aromatic carbocycles. The molecule has 4 atom stereocenters. The molecular formula is C18H24N2O4. The van der Waals surface area contributed by atoms with Gasteiger partial charge in [-0.05, 0) is 31.9 Å². The first-order valence-electron chi connectivity index (χ1n) is 8.44. The van der Waals surface area contributed by atoms with E-state index in [1.165, 1.54) is 0 Å². The standard InChI is InChI=1S/C18H24N2O4/c1-11-2-4-15(5-3-11)20-9-12(7-17(20)23)18(24)19-14-6-13(10-21)16(22)8-14/h2-5,12-14,16,21-22H,6-10H2,1H3,(H,19,24)/t12-,13-,14+,16+/m1/s1. The molecule has 6 nitrogen and oxygen atoms in total. The first-order chi connectivity index (χ1) is 11.5. The number of benzene rings is 1. The van der Waals surface area contributed by atoms with Crippen LogP contribution in [0.2, 0.25) is 0 Å². The third-order valence-corrected chi connectivity index (χ3v) is 5.08. The summed E-state index contributed by atoms with van der Waals surface area (Å²) in [6, 6.07) is 7.56. The van der Waals surface area contributed by atoms with Crippen molar-refractivity contribution >= 4 is 17.5 Å². The highest BCUT2D eigenvalue weighted by Gasteiger charge is 2.38. The molecule has 1 aliphatic heterocycles. The number of carbonyl (C=O) groups is 2. The highest BCUT2D eigenvalue weighted by Crippen LogP contribution is 2.28. The Morgan fingerprint density at radius 1 is 1.29 bits per heavy atom. The number of aliphatic hydroxyl groups excluding tert-OH is 2. The second kappa shape index (κ2) is 6.91. The smallest absolute Gasteiger partial charge is 0.227 e. The molecule has 1 heterocycles. The zero-order valence-electron chi connectivity index (χ0n) is 13.8. The van der Waals surface area contributed by atoms with Crippen LogP contribution in [-0.4, -0.2) is 47.3 Å². The predicted octanol–water partition coefficient (Wildman–Crippen LogP) is 0.596. The molecule has 2 fully saturated rings. The van der Waals surface area contributed by atoms with Crippen LogP contribution in [0.3, 0.4) is 0 Å². The van der Waals surface area contributed by atoms with E-state index in [4.69, 9.17) is 0 Å². The Morgan fingerprint density at radius 3 is 2.62 bits per heavy atom. The van der Waals surface area contributed by atoms with Gasteiger partial charge < -0.3 is 20.4 Å². The van der Waals surface area contributed by atoms with E-state index in [0.717, 1.165) is 11.3 Å². The third-order valence-electron chi connectivity index (χ3n) is 5.08. The van der Waals surface area contributed by atoms with Gasteiger partial charge in [-0.2, -0.15) is 0 Å². The molecule has 0 spiro atoms. The molecule has 0 radical (unpaired) electrons. The molecule has 3 N–H and O–H groups in total. The van der Waals surface area contributed by atoms with Gasteiger partial charge >= 0.3 is 0 Å². The molecule has 2 amide bonds. The van der Waals surface area contributed by atoms with Gasteiger partial charge in [-0.3, -0.25) is 9.59 Å². The molecule has 1 saturated heterocycles. The summed E-state index contributed by atoms with van der Waals surface area (Å²) < 4.78 is 0. The van der Waals surface area contributed by atoms with Gasteiger partial charge in [0.1, 0.15) is 0 Å². The van der Waals surface area contributed by atoms with E-state index < -0.39 is 6.10 Å². The summed E-state index contributed by atoms with van der Waals surface area (Å²) in [6.45, 7) is 2.30. The SMILES string of the molecule is Cc1ccc(N2C[C@H](C(=O)N[C@H]3C[C@H](CO)[C@@H](O)C3)CC2=O)cc1. The first kappa shape index (κ1) is 16.9. The molecule has 24 heavy (non-hydrogen) atoms. The minimum Gasteiger partial charge on any atom is -0.396 e. The van der Waals surface area contributed by atoms with E-state index in [1.807, 2.05) is 31.2 Å². The fourth-order valence-electron chi connectivity index (χ4n) is 3.59. The number of nitrogens with zero attached hydrogens (tertiary/aromatic N) is 1. The number of aliphatic hydroxyl groups is 2. The number of hydrogen-bond donors (Lipinski definition) is 3. The Bertz CT molecular complexity index is 616. The number of carbonyl (C=O) groups excluding carboxylic acids is 2. The summed E-state index contributed by atoms with van der Waals surface area (Å²) in [7, 11) is 0. The quantitative estimate of drug-likeness (QED) is 0.753. The van der Waals surface area contributed by atoms with Crippen molar-refractivity contribution in [3.8, 4) is 0 Å². The lowest BCUT2D eigenvalue weighted by molar-refractivity contribution is -0.126. The lowest BCUT2D eigenvalue weighted by Crippen LogP contribution is -2.39. The molecule has 2 aliphatic rings. The van der Waals surface area contributed by atoms with Crippen molar-refractivity contribution in [2.24, 2.45) is 11.8 Å². The predicted molar refractivity (Wildman–Crippen MR) is 89.4 cm³/mol. The summed E-state index contributed by atoms with van der Waals surface area (Å²) in [6.07, 6.45) is 0.665. The van der Waals surface area contributed by atoms with Gasteiger partial charge in [-0.25, -0.2) is 0 Å². The summed E-state index contributed by atoms with van der Waals surface area (Å²) >= 11 is 0. The molecule has 3 rings (SSSR count). The third kappa shape index (κ3) is 3.44. The summed E-state index contributed by atoms with van der Waals surface area (Å²) in [4.78, 5) is 26.3. The Morgan fingerprint density at radius 2 is 2.00 bits per heavy atom. The topological polar surface area (TPSA) is 89.9 Å². The average Bonchev–Trinajstić information content (AvgIpc) is 3.11. The number of amides is 2. The fourth-order valence-corrected chi connectivity index (χ4v) is 3.59. The van der Waals surface area contributed by atoms with Gasteiger partial charge in [0.25, 0.3) is 0 Å². The minimum absolute atomic E-state index is 0.0429. The van der Waals surface area contributed by atoms with Crippen molar-refractivity contribution in [3.63, 3.8) is 0 Å². The van der Waals surface area contributed by atoms with Crippen molar-refractivity contribution in [2.45, 2.75) is 38.3 Å². The molecule has 0 aromatic heterocycles. The van der Waals surface area contributed by atoms with Crippen LogP contribution in [-0.2, 0) is 9.59 Å². The van der Waals surface area contributed by atoms with Crippen LogP contribution in [0, 0.1) is 18.8 Å². The molecule has 130 valence electrons. The van der Waals surface area contributed by atoms with Crippen molar-refractivity contribution in [1.29, 1.82) is 0 Å². The van der Waals surface area contributed by atoms with E-state index in [2.05, 4.69) is 5.32 Å². The summed E-state index contributed by atoms with van der Waals surface area (Å²) in [5, 5.41) is 21.9. The maximum Gasteiger partial charge on any atom is 0.227 e. The second-order valence-corrected chi connectivity index (χ2v) is 6.93. The maximum atomic E-state index is 12.4. The molecule has 0 bridgehead atoms. The van der Waals surface area contributed by atoms with Gasteiger partial charge in [0.15, 0.2) is 0 Å². The van der Waals surface area contributed by atoms with Crippen LogP contribution in [0.25, 0.3) is 0 Å². The molecular weight excluding hydrogens is 308 g/mol. The first-order valence-corrected chi connectivity index (χ1v) is 8.44. The molecule has 1 aromatic rings. The Hall–Kier alpha value is -1.92.